The van der Waals surface area contributed by atoms with Crippen LogP contribution in [0.4, 0.5) is 0 Å². The number of pyridine rings is 1. The summed E-state index contributed by atoms with van der Waals surface area (Å²) >= 11 is 0. The quantitative estimate of drug-likeness (QED) is 0.113. The van der Waals surface area contributed by atoms with E-state index in [9.17, 15) is 0 Å². The van der Waals surface area contributed by atoms with Crippen LogP contribution in [0, 0.1) is 13.3 Å². The van der Waals surface area contributed by atoms with Crippen molar-refractivity contribution in [2.24, 2.45) is 0 Å². The van der Waals surface area contributed by atoms with E-state index in [0.717, 1.165) is 84.8 Å². The molecule has 3 aromatic heterocycles. The van der Waals surface area contributed by atoms with Crippen molar-refractivity contribution in [1.82, 2.24) is 14.1 Å². The molecule has 0 amide bonds. The van der Waals surface area contributed by atoms with Gasteiger partial charge in [0.25, 0.3) is 6.33 Å². The molecule has 10 aromatic rings. The van der Waals surface area contributed by atoms with Gasteiger partial charge in [-0.05, 0) is 117 Å². The van der Waals surface area contributed by atoms with Crippen LogP contribution in [0.5, 0.6) is 11.5 Å². The predicted octanol–water partition coefficient (Wildman–Crippen LogP) is 14.8. The average molecular weight is 835 g/mol. The van der Waals surface area contributed by atoms with Crippen LogP contribution < -0.4 is 9.30 Å². The minimum Gasteiger partial charge on any atom is -0.458 e. The fourth-order valence-corrected chi connectivity index (χ4v) is 9.08. The minimum atomic E-state index is -0.0336. The second-order valence-corrected chi connectivity index (χ2v) is 19.1. The maximum absolute atomic E-state index is 6.77. The van der Waals surface area contributed by atoms with E-state index < -0.39 is 0 Å². The van der Waals surface area contributed by atoms with Gasteiger partial charge < -0.3 is 4.74 Å². The fraction of sp³-hybridized carbons (Fsp3) is 0.186. The molecule has 0 N–H and O–H groups in total. The molecule has 7 aromatic carbocycles. The number of aryl methyl sites for hydroxylation is 2. The number of para-hydroxylation sites is 3. The standard InChI is InChI=1S/C59H54N4O/c1-9-40-30-31-60-55(32-40)63-52-26-14-13-23-50(52)51-29-28-47(37-54(51)63)64-46-22-16-21-45(36-46)61-38-62(56-39(2)18-15-27-53(56)61)57-48(41-19-11-10-12-20-41)24-17-25-49(57)42-33-43(58(3,4)5)35-44(34-42)59(6,7)8/h10-37H,9H2,1-8H3. The lowest BCUT2D eigenvalue weighted by atomic mass is 9.78. The van der Waals surface area contributed by atoms with Crippen molar-refractivity contribution in [2.75, 3.05) is 0 Å². The highest BCUT2D eigenvalue weighted by molar-refractivity contribution is 6.09. The van der Waals surface area contributed by atoms with Crippen LogP contribution in [0.15, 0.2) is 170 Å². The molecule has 0 bridgehead atoms. The molecular formula is C59H54N4O. The molecule has 0 fully saturated rings. The molecule has 64 heavy (non-hydrogen) atoms. The van der Waals surface area contributed by atoms with Gasteiger partial charge in [0.2, 0.25) is 0 Å². The summed E-state index contributed by atoms with van der Waals surface area (Å²) in [5.74, 6) is 2.39. The van der Waals surface area contributed by atoms with Gasteiger partial charge in [-0.25, -0.2) is 4.98 Å². The van der Waals surface area contributed by atoms with Gasteiger partial charge in [0.1, 0.15) is 17.3 Å². The first-order chi connectivity index (χ1) is 30.9. The number of hydrogen-bond donors (Lipinski definition) is 0. The van der Waals surface area contributed by atoms with Crippen LogP contribution in [0.1, 0.15) is 70.7 Å². The summed E-state index contributed by atoms with van der Waals surface area (Å²) in [5.41, 5.74) is 16.0. The first kappa shape index (κ1) is 40.8. The smallest absolute Gasteiger partial charge is 0.269 e. The molecule has 0 radical (unpaired) electrons. The zero-order chi connectivity index (χ0) is 44.3. The summed E-state index contributed by atoms with van der Waals surface area (Å²) in [7, 11) is 0. The molecule has 0 unspecified atom stereocenters. The lowest BCUT2D eigenvalue weighted by Gasteiger charge is -2.27. The van der Waals surface area contributed by atoms with Crippen LogP contribution in [0.3, 0.4) is 0 Å². The molecule has 3 heterocycles. The van der Waals surface area contributed by atoms with Crippen molar-refractivity contribution in [3.05, 3.63) is 199 Å². The van der Waals surface area contributed by atoms with E-state index in [-0.39, 0.29) is 10.8 Å². The van der Waals surface area contributed by atoms with Gasteiger partial charge >= 0.3 is 0 Å². The van der Waals surface area contributed by atoms with Crippen molar-refractivity contribution in [3.63, 3.8) is 0 Å². The number of imidazole rings is 1. The number of fused-ring (bicyclic) bond motifs is 4. The highest BCUT2D eigenvalue weighted by Gasteiger charge is 2.25. The van der Waals surface area contributed by atoms with Crippen molar-refractivity contribution in [3.8, 4) is 50.9 Å². The lowest BCUT2D eigenvalue weighted by molar-refractivity contribution is -0.571. The number of ether oxygens (including phenoxy) is 1. The summed E-state index contributed by atoms with van der Waals surface area (Å²) in [6, 6.07) is 58.7. The van der Waals surface area contributed by atoms with Crippen molar-refractivity contribution < 1.29 is 9.30 Å². The summed E-state index contributed by atoms with van der Waals surface area (Å²) in [6.45, 7) is 18.2. The molecule has 0 saturated carbocycles. The van der Waals surface area contributed by atoms with Gasteiger partial charge in [-0.2, -0.15) is 0 Å². The number of aromatic nitrogens is 4. The van der Waals surface area contributed by atoms with Gasteiger partial charge in [-0.3, -0.25) is 13.7 Å². The Labute approximate surface area is 376 Å². The zero-order valence-corrected chi connectivity index (χ0v) is 38.1. The first-order valence-electron chi connectivity index (χ1n) is 22.4. The molecule has 0 aliphatic carbocycles. The fourth-order valence-electron chi connectivity index (χ4n) is 9.08. The van der Waals surface area contributed by atoms with Gasteiger partial charge in [0, 0.05) is 23.0 Å². The van der Waals surface area contributed by atoms with E-state index in [2.05, 4.69) is 233 Å². The Kier molecular flexibility index (Phi) is 10.1. The van der Waals surface area contributed by atoms with E-state index in [1.807, 2.05) is 12.3 Å². The summed E-state index contributed by atoms with van der Waals surface area (Å²) in [6.07, 6.45) is 6.75. The first-order valence-corrected chi connectivity index (χ1v) is 22.4. The molecule has 0 spiro atoms. The molecular weight excluding hydrogens is 781 g/mol. The monoisotopic (exact) mass is 834 g/mol. The summed E-state index contributed by atoms with van der Waals surface area (Å²) in [5, 5.41) is 2.34. The van der Waals surface area contributed by atoms with Gasteiger partial charge in [0.05, 0.1) is 33.4 Å². The molecule has 0 aliphatic rings. The summed E-state index contributed by atoms with van der Waals surface area (Å²) in [4.78, 5) is 4.83. The topological polar surface area (TPSA) is 35.9 Å². The summed E-state index contributed by atoms with van der Waals surface area (Å²) < 4.78 is 13.5. The molecule has 0 aliphatic heterocycles. The van der Waals surface area contributed by atoms with Crippen LogP contribution in [0.2, 0.25) is 0 Å². The SMILES string of the molecule is CCc1ccnc(-n2c3ccccc3c3ccc(Oc4cccc(-n5[c-][n+](-c6c(-c7ccccc7)cccc6-c6cc(C(C)(C)C)cc(C(C)(C)C)c6)c6c(C)cccc65)c4)cc32)c1. The van der Waals surface area contributed by atoms with Crippen LogP contribution in [-0.2, 0) is 17.3 Å². The van der Waals surface area contributed by atoms with Gasteiger partial charge in [0.15, 0.2) is 0 Å². The predicted molar refractivity (Wildman–Crippen MR) is 265 cm³/mol. The van der Waals surface area contributed by atoms with Crippen molar-refractivity contribution in [2.45, 2.75) is 72.6 Å². The van der Waals surface area contributed by atoms with Crippen molar-refractivity contribution in [1.29, 1.82) is 0 Å². The second-order valence-electron chi connectivity index (χ2n) is 19.1. The average Bonchev–Trinajstić information content (AvgIpc) is 3.85. The second kappa shape index (κ2) is 15.8. The highest BCUT2D eigenvalue weighted by atomic mass is 16.5. The largest absolute Gasteiger partial charge is 0.458 e. The highest BCUT2D eigenvalue weighted by Crippen LogP contribution is 2.40. The molecule has 5 nitrogen and oxygen atoms in total. The van der Waals surface area contributed by atoms with Gasteiger partial charge in [-0.15, -0.1) is 0 Å². The minimum absolute atomic E-state index is 0.0336. The molecule has 10 rings (SSSR count). The lowest BCUT2D eigenvalue weighted by Crippen LogP contribution is -2.32. The molecule has 0 saturated heterocycles. The zero-order valence-electron chi connectivity index (χ0n) is 38.1. The Morgan fingerprint density at radius 2 is 1.23 bits per heavy atom. The van der Waals surface area contributed by atoms with Crippen LogP contribution >= 0.6 is 0 Å². The van der Waals surface area contributed by atoms with Gasteiger partial charge in [-0.1, -0.05) is 158 Å². The van der Waals surface area contributed by atoms with E-state index in [1.54, 1.807) is 0 Å². The van der Waals surface area contributed by atoms with Crippen LogP contribution in [0.25, 0.3) is 72.3 Å². The van der Waals surface area contributed by atoms with Crippen LogP contribution in [-0.4, -0.2) is 14.1 Å². The number of rotatable bonds is 8. The third-order valence-corrected chi connectivity index (χ3v) is 12.6. The molecule has 316 valence electrons. The Bertz CT molecular complexity index is 3340. The normalized spacial score (nSPS) is 12.1. The molecule has 5 heteroatoms. The third kappa shape index (κ3) is 7.35. The Morgan fingerprint density at radius 3 is 1.98 bits per heavy atom. The Hall–Kier alpha value is -7.24. The number of hydrogen-bond acceptors (Lipinski definition) is 2. The van der Waals surface area contributed by atoms with E-state index in [1.165, 1.54) is 27.6 Å². The number of nitrogens with zero attached hydrogens (tertiary/aromatic N) is 4. The van der Waals surface area contributed by atoms with Crippen molar-refractivity contribution >= 4 is 32.8 Å². The maximum Gasteiger partial charge on any atom is 0.269 e. The third-order valence-electron chi connectivity index (χ3n) is 12.6. The number of benzene rings is 7. The Balaban J connectivity index is 1.13. The Morgan fingerprint density at radius 1 is 0.578 bits per heavy atom. The maximum atomic E-state index is 6.77. The van der Waals surface area contributed by atoms with E-state index in [0.29, 0.717) is 0 Å². The molecule has 0 atom stereocenters. The van der Waals surface area contributed by atoms with E-state index >= 15 is 0 Å². The van der Waals surface area contributed by atoms with E-state index in [4.69, 9.17) is 9.72 Å².